The molecule has 0 saturated carbocycles. The van der Waals surface area contributed by atoms with E-state index in [9.17, 15) is 14.4 Å². The Kier molecular flexibility index (Phi) is 12.6. The number of amides is 3. The first-order valence-corrected chi connectivity index (χ1v) is 16.5. The summed E-state index contributed by atoms with van der Waals surface area (Å²) in [7, 11) is 3.82. The van der Waals surface area contributed by atoms with Crippen LogP contribution >= 0.6 is 0 Å². The van der Waals surface area contributed by atoms with Gasteiger partial charge in [-0.2, -0.15) is 0 Å². The first kappa shape index (κ1) is 36.3. The summed E-state index contributed by atoms with van der Waals surface area (Å²) in [5.74, 6) is 6.09. The molecular weight excluding hydrogens is 622 g/mol. The lowest BCUT2D eigenvalue weighted by Gasteiger charge is -2.21. The molecule has 0 aliphatic carbocycles. The number of hydrogen-bond acceptors (Lipinski definition) is 7. The molecule has 6 rings (SSSR count). The molecule has 2 saturated heterocycles. The van der Waals surface area contributed by atoms with E-state index in [1.54, 1.807) is 25.4 Å². The highest BCUT2D eigenvalue weighted by molar-refractivity contribution is 6.00. The number of nitrogens with zero attached hydrogens (tertiary/aromatic N) is 3. The van der Waals surface area contributed by atoms with Gasteiger partial charge in [-0.1, -0.05) is 50.0 Å². The van der Waals surface area contributed by atoms with Crippen LogP contribution in [0.2, 0.25) is 0 Å². The molecule has 2 unspecified atom stereocenters. The van der Waals surface area contributed by atoms with Gasteiger partial charge in [0.2, 0.25) is 18.2 Å². The number of imidazole rings is 1. The average Bonchev–Trinajstić information content (AvgIpc) is 3.79. The predicted octanol–water partition coefficient (Wildman–Crippen LogP) is 1.69. The van der Waals surface area contributed by atoms with Crippen LogP contribution in [0.25, 0.3) is 23.3 Å². The average molecular weight is 668 g/mol. The number of para-hydroxylation sites is 1. The van der Waals surface area contributed by atoms with Crippen molar-refractivity contribution in [2.75, 3.05) is 20.2 Å². The van der Waals surface area contributed by atoms with Crippen LogP contribution in [0.3, 0.4) is 0 Å². The summed E-state index contributed by atoms with van der Waals surface area (Å²) >= 11 is 0. The van der Waals surface area contributed by atoms with Gasteiger partial charge < -0.3 is 21.2 Å². The second-order valence-electron chi connectivity index (χ2n) is 11.5. The Balaban J connectivity index is 0.00000103. The van der Waals surface area contributed by atoms with Gasteiger partial charge in [0, 0.05) is 42.0 Å². The largest absolute Gasteiger partial charge is 0.481 e. The zero-order chi connectivity index (χ0) is 35.5. The smallest absolute Gasteiger partial charge is 0.329 e. The third kappa shape index (κ3) is 8.31. The summed E-state index contributed by atoms with van der Waals surface area (Å²) in [6.07, 6.45) is 7.66. The van der Waals surface area contributed by atoms with Gasteiger partial charge in [0.1, 0.15) is 18.4 Å². The van der Waals surface area contributed by atoms with Gasteiger partial charge in [-0.3, -0.25) is 33.7 Å². The molecule has 2 aromatic carbocycles. The van der Waals surface area contributed by atoms with Gasteiger partial charge in [-0.25, -0.2) is 4.79 Å². The van der Waals surface area contributed by atoms with E-state index in [-0.39, 0.29) is 37.5 Å². The lowest BCUT2D eigenvalue weighted by atomic mass is 10.1. The molecule has 0 spiro atoms. The Morgan fingerprint density at radius 3 is 2.41 bits per heavy atom. The fourth-order valence-corrected chi connectivity index (χ4v) is 6.26. The van der Waals surface area contributed by atoms with Gasteiger partial charge >= 0.3 is 5.69 Å². The lowest BCUT2D eigenvalue weighted by molar-refractivity contribution is -0.135. The van der Waals surface area contributed by atoms with E-state index in [2.05, 4.69) is 52.0 Å². The Morgan fingerprint density at radius 2 is 1.76 bits per heavy atom. The molecule has 4 heterocycles. The molecule has 12 nitrogen and oxygen atoms in total. The maximum absolute atomic E-state index is 13.1. The van der Waals surface area contributed by atoms with E-state index in [1.807, 2.05) is 44.2 Å². The number of primary amides is 1. The van der Waals surface area contributed by atoms with Crippen LogP contribution in [-0.4, -0.2) is 57.4 Å². The number of fused-ring (bicyclic) bond motifs is 1. The first-order chi connectivity index (χ1) is 23.7. The SMILES string of the molecule is CC.CN1CCCC1c1cc(=C/N)/c(=C\Cc2ccc(OCC#Cc3cccc4c3n(C)c(=O)n4C3CCC(=O)NC3=O)cc2)[nH]1.NC=O. The van der Waals surface area contributed by atoms with Crippen molar-refractivity contribution in [3.8, 4) is 17.6 Å². The molecule has 2 fully saturated rings. The Morgan fingerprint density at radius 1 is 1.02 bits per heavy atom. The molecule has 2 aromatic heterocycles. The van der Waals surface area contributed by atoms with Crippen LogP contribution in [0.15, 0.2) is 53.3 Å². The van der Waals surface area contributed by atoms with Gasteiger partial charge in [0.25, 0.3) is 0 Å². The zero-order valence-corrected chi connectivity index (χ0v) is 28.5. The van der Waals surface area contributed by atoms with E-state index in [0.717, 1.165) is 35.5 Å². The molecule has 0 radical (unpaired) electrons. The van der Waals surface area contributed by atoms with Crippen molar-refractivity contribution in [1.82, 2.24) is 24.3 Å². The van der Waals surface area contributed by atoms with Crippen LogP contribution < -0.4 is 37.8 Å². The first-order valence-electron chi connectivity index (χ1n) is 16.5. The third-order valence-electron chi connectivity index (χ3n) is 8.58. The van der Waals surface area contributed by atoms with Gasteiger partial charge in [0.05, 0.1) is 16.6 Å². The van der Waals surface area contributed by atoms with Crippen molar-refractivity contribution in [3.63, 3.8) is 0 Å². The highest BCUT2D eigenvalue weighted by Gasteiger charge is 2.31. The molecule has 4 aromatic rings. The second-order valence-corrected chi connectivity index (χ2v) is 11.5. The van der Waals surface area contributed by atoms with Crippen molar-refractivity contribution in [3.05, 3.63) is 86.4 Å². The summed E-state index contributed by atoms with van der Waals surface area (Å²) in [5.41, 5.74) is 14.0. The molecule has 2 atom stereocenters. The number of benzene rings is 2. The number of nitrogens with one attached hydrogen (secondary N) is 2. The van der Waals surface area contributed by atoms with Crippen molar-refractivity contribution in [1.29, 1.82) is 0 Å². The number of aromatic nitrogens is 3. The topological polar surface area (TPSA) is 170 Å². The van der Waals surface area contributed by atoms with E-state index < -0.39 is 11.9 Å². The number of likely N-dealkylation sites (tertiary alicyclic amines) is 1. The molecule has 2 aliphatic heterocycles. The molecule has 0 bridgehead atoms. The normalized spacial score (nSPS) is 18.1. The monoisotopic (exact) mass is 667 g/mol. The van der Waals surface area contributed by atoms with Crippen LogP contribution in [0.4, 0.5) is 0 Å². The number of ether oxygens (including phenoxy) is 1. The van der Waals surface area contributed by atoms with Crippen molar-refractivity contribution in [2.24, 2.45) is 18.5 Å². The second kappa shape index (κ2) is 17.0. The van der Waals surface area contributed by atoms with Crippen LogP contribution in [0.5, 0.6) is 5.75 Å². The summed E-state index contributed by atoms with van der Waals surface area (Å²) in [5, 5.41) is 4.39. The van der Waals surface area contributed by atoms with Crippen molar-refractivity contribution >= 4 is 41.5 Å². The number of aromatic amines is 1. The molecule has 49 heavy (non-hydrogen) atoms. The van der Waals surface area contributed by atoms with Crippen LogP contribution in [0, 0.1) is 11.8 Å². The quantitative estimate of drug-likeness (QED) is 0.138. The Bertz CT molecular complexity index is 2030. The number of carbonyl (C=O) groups is 3. The van der Waals surface area contributed by atoms with Crippen LogP contribution in [-0.2, 0) is 27.9 Å². The van der Waals surface area contributed by atoms with E-state index in [0.29, 0.717) is 28.4 Å². The minimum absolute atomic E-state index is 0.167. The summed E-state index contributed by atoms with van der Waals surface area (Å²) in [6, 6.07) is 15.2. The maximum Gasteiger partial charge on any atom is 0.329 e. The standard InChI is InChI=1S/C34H36N6O4.C2H6.CH3NO/c1-38-18-4-9-28(38)27-20-24(21-35)26(36-27)15-12-22-10-13-25(14-11-22)44-19-5-7-23-6-3-8-29-32(23)39(2)34(43)40(29)30-16-17-31(41)37-33(30)42;1-2;2-1-3/h3,6,8,10-11,13-15,20-21,28,30,36H,4,9,12,16-19,35H2,1-2H3,(H,37,41,42);1-2H3;1H,(H2,2,3)/b24-21-,26-15+;;. The van der Waals surface area contributed by atoms with E-state index >= 15 is 0 Å². The number of nitrogens with two attached hydrogens (primary N) is 2. The number of H-pyrrole nitrogens is 1. The zero-order valence-electron chi connectivity index (χ0n) is 28.5. The fourth-order valence-electron chi connectivity index (χ4n) is 6.26. The Hall–Kier alpha value is -5.54. The number of aryl methyl sites for hydroxylation is 1. The summed E-state index contributed by atoms with van der Waals surface area (Å²) < 4.78 is 8.82. The lowest BCUT2D eigenvalue weighted by Crippen LogP contribution is -2.44. The number of rotatable bonds is 6. The van der Waals surface area contributed by atoms with E-state index in [4.69, 9.17) is 15.3 Å². The third-order valence-corrected chi connectivity index (χ3v) is 8.58. The summed E-state index contributed by atoms with van der Waals surface area (Å²) in [4.78, 5) is 51.7. The highest BCUT2D eigenvalue weighted by atomic mass is 16.5. The molecule has 2 aliphatic rings. The van der Waals surface area contributed by atoms with Crippen molar-refractivity contribution in [2.45, 2.75) is 58.0 Å². The fraction of sp³-hybridized carbons (Fsp3) is 0.351. The summed E-state index contributed by atoms with van der Waals surface area (Å²) in [6.45, 7) is 5.28. The minimum Gasteiger partial charge on any atom is -0.481 e. The van der Waals surface area contributed by atoms with Gasteiger partial charge in [-0.05, 0) is 75.2 Å². The van der Waals surface area contributed by atoms with Gasteiger partial charge in [0.15, 0.2) is 0 Å². The Labute approximate surface area is 285 Å². The molecule has 12 heteroatoms. The van der Waals surface area contributed by atoms with Crippen LogP contribution in [0.1, 0.15) is 68.4 Å². The maximum atomic E-state index is 13.1. The number of hydrogen-bond donors (Lipinski definition) is 4. The number of piperidine rings is 1. The molecule has 6 N–H and O–H groups in total. The number of imide groups is 1. The predicted molar refractivity (Wildman–Crippen MR) is 190 cm³/mol. The minimum atomic E-state index is -0.740. The number of carbonyl (C=O) groups excluding carboxylic acids is 3. The highest BCUT2D eigenvalue weighted by Crippen LogP contribution is 2.28. The molecule has 258 valence electrons. The van der Waals surface area contributed by atoms with E-state index in [1.165, 1.54) is 21.2 Å². The molecular formula is C37H45N7O5. The van der Waals surface area contributed by atoms with Gasteiger partial charge in [-0.15, -0.1) is 0 Å². The van der Waals surface area contributed by atoms with Crippen molar-refractivity contribution < 1.29 is 19.1 Å². The molecule has 3 amide bonds.